The second-order valence-corrected chi connectivity index (χ2v) is 3.45. The van der Waals surface area contributed by atoms with Gasteiger partial charge < -0.3 is 10.2 Å². The summed E-state index contributed by atoms with van der Waals surface area (Å²) < 4.78 is 0. The molecule has 0 saturated carbocycles. The maximum Gasteiger partial charge on any atom is 0.306 e. The molecule has 0 spiro atoms. The highest BCUT2D eigenvalue weighted by atomic mass is 16.4. The van der Waals surface area contributed by atoms with Crippen molar-refractivity contribution in [1.29, 1.82) is 0 Å². The molecule has 1 aromatic rings. The Hall–Kier alpha value is -1.84. The van der Waals surface area contributed by atoms with Gasteiger partial charge in [0.2, 0.25) is 0 Å². The number of rotatable bonds is 4. The van der Waals surface area contributed by atoms with Gasteiger partial charge in [0.1, 0.15) is 5.75 Å². The summed E-state index contributed by atoms with van der Waals surface area (Å²) in [6.07, 6.45) is 0.890. The molecular formula is C11H12O4. The van der Waals surface area contributed by atoms with Crippen molar-refractivity contribution in [2.45, 2.75) is 13.3 Å². The number of carbonyl (C=O) groups is 2. The van der Waals surface area contributed by atoms with Gasteiger partial charge >= 0.3 is 5.97 Å². The Balaban J connectivity index is 2.87. The van der Waals surface area contributed by atoms with E-state index in [9.17, 15) is 14.7 Å². The molecule has 0 bridgehead atoms. The Labute approximate surface area is 87.2 Å². The SMILES string of the molecule is CC(Cc1ccc(O)c(C=O)c1)C(=O)O. The predicted molar refractivity (Wildman–Crippen MR) is 54.0 cm³/mol. The van der Waals surface area contributed by atoms with Crippen LogP contribution >= 0.6 is 0 Å². The molecule has 1 rings (SSSR count). The van der Waals surface area contributed by atoms with E-state index in [1.165, 1.54) is 12.1 Å². The summed E-state index contributed by atoms with van der Waals surface area (Å²) >= 11 is 0. The summed E-state index contributed by atoms with van der Waals surface area (Å²) in [6.45, 7) is 1.59. The number of hydrogen-bond acceptors (Lipinski definition) is 3. The Bertz CT molecular complexity index is 384. The Morgan fingerprint density at radius 2 is 2.20 bits per heavy atom. The molecule has 0 aromatic heterocycles. The van der Waals surface area contributed by atoms with E-state index in [-0.39, 0.29) is 11.3 Å². The molecule has 4 heteroatoms. The fourth-order valence-electron chi connectivity index (χ4n) is 1.27. The number of hydrogen-bond donors (Lipinski definition) is 2. The molecule has 0 aliphatic heterocycles. The van der Waals surface area contributed by atoms with Gasteiger partial charge in [0, 0.05) is 0 Å². The van der Waals surface area contributed by atoms with E-state index in [1.54, 1.807) is 13.0 Å². The maximum atomic E-state index is 10.6. The number of aliphatic carboxylic acids is 1. The summed E-state index contributed by atoms with van der Waals surface area (Å²) in [4.78, 5) is 21.1. The molecule has 4 nitrogen and oxygen atoms in total. The van der Waals surface area contributed by atoms with Gasteiger partial charge in [-0.2, -0.15) is 0 Å². The second-order valence-electron chi connectivity index (χ2n) is 3.45. The van der Waals surface area contributed by atoms with Gasteiger partial charge in [-0.25, -0.2) is 0 Å². The van der Waals surface area contributed by atoms with Crippen LogP contribution in [0.4, 0.5) is 0 Å². The van der Waals surface area contributed by atoms with E-state index >= 15 is 0 Å². The van der Waals surface area contributed by atoms with Crippen molar-refractivity contribution >= 4 is 12.3 Å². The highest BCUT2D eigenvalue weighted by Gasteiger charge is 2.12. The van der Waals surface area contributed by atoms with Gasteiger partial charge in [-0.15, -0.1) is 0 Å². The highest BCUT2D eigenvalue weighted by molar-refractivity contribution is 5.79. The van der Waals surface area contributed by atoms with Crippen LogP contribution in [0, 0.1) is 5.92 Å². The lowest BCUT2D eigenvalue weighted by atomic mass is 9.99. The van der Waals surface area contributed by atoms with Crippen LogP contribution in [0.15, 0.2) is 18.2 Å². The van der Waals surface area contributed by atoms with Crippen molar-refractivity contribution in [1.82, 2.24) is 0 Å². The molecular weight excluding hydrogens is 196 g/mol. The zero-order valence-electron chi connectivity index (χ0n) is 8.30. The normalized spacial score (nSPS) is 12.1. The molecule has 2 N–H and O–H groups in total. The van der Waals surface area contributed by atoms with Crippen LogP contribution < -0.4 is 0 Å². The van der Waals surface area contributed by atoms with Gasteiger partial charge in [-0.3, -0.25) is 9.59 Å². The first-order chi connectivity index (χ1) is 7.04. The summed E-state index contributed by atoms with van der Waals surface area (Å²) in [5.41, 5.74) is 0.912. The molecule has 15 heavy (non-hydrogen) atoms. The van der Waals surface area contributed by atoms with E-state index in [2.05, 4.69) is 0 Å². The first kappa shape index (κ1) is 11.2. The molecule has 0 radical (unpaired) electrons. The summed E-state index contributed by atoms with van der Waals surface area (Å²) in [5, 5.41) is 17.9. The quantitative estimate of drug-likeness (QED) is 0.735. The van der Waals surface area contributed by atoms with E-state index in [4.69, 9.17) is 5.11 Å². The zero-order chi connectivity index (χ0) is 11.4. The molecule has 0 aliphatic carbocycles. The minimum absolute atomic E-state index is 0.0864. The number of aldehydes is 1. The van der Waals surface area contributed by atoms with Crippen molar-refractivity contribution in [2.24, 2.45) is 5.92 Å². The van der Waals surface area contributed by atoms with Crippen LogP contribution in [-0.4, -0.2) is 22.5 Å². The number of aromatic hydroxyl groups is 1. The summed E-state index contributed by atoms with van der Waals surface area (Å²) in [6, 6.07) is 4.51. The number of phenols is 1. The second kappa shape index (κ2) is 4.59. The number of benzene rings is 1. The molecule has 0 fully saturated rings. The fourth-order valence-corrected chi connectivity index (χ4v) is 1.27. The van der Waals surface area contributed by atoms with E-state index in [1.807, 2.05) is 0 Å². The lowest BCUT2D eigenvalue weighted by molar-refractivity contribution is -0.141. The molecule has 0 heterocycles. The van der Waals surface area contributed by atoms with Gasteiger partial charge in [0.15, 0.2) is 6.29 Å². The molecule has 1 atom stereocenters. The lowest BCUT2D eigenvalue weighted by Crippen LogP contribution is -2.12. The Morgan fingerprint density at radius 1 is 1.53 bits per heavy atom. The number of phenolic OH excluding ortho intramolecular Hbond substituents is 1. The van der Waals surface area contributed by atoms with Gasteiger partial charge in [-0.1, -0.05) is 13.0 Å². The van der Waals surface area contributed by atoms with Crippen LogP contribution in [0.1, 0.15) is 22.8 Å². The monoisotopic (exact) mass is 208 g/mol. The van der Waals surface area contributed by atoms with Crippen LogP contribution in [0.2, 0.25) is 0 Å². The first-order valence-electron chi connectivity index (χ1n) is 4.54. The molecule has 80 valence electrons. The van der Waals surface area contributed by atoms with Crippen LogP contribution in [0.5, 0.6) is 5.75 Å². The standard InChI is InChI=1S/C11H12O4/c1-7(11(14)15)4-8-2-3-10(13)9(5-8)6-12/h2-3,5-7,13H,4H2,1H3,(H,14,15). The predicted octanol–water partition coefficient (Wildman–Crippen LogP) is 1.47. The largest absolute Gasteiger partial charge is 0.507 e. The van der Waals surface area contributed by atoms with E-state index in [0.717, 1.165) is 5.56 Å². The van der Waals surface area contributed by atoms with Gasteiger partial charge in [0.25, 0.3) is 0 Å². The zero-order valence-corrected chi connectivity index (χ0v) is 8.30. The van der Waals surface area contributed by atoms with E-state index in [0.29, 0.717) is 12.7 Å². The molecule has 0 saturated heterocycles. The fraction of sp³-hybridized carbons (Fsp3) is 0.273. The smallest absolute Gasteiger partial charge is 0.306 e. The van der Waals surface area contributed by atoms with Crippen molar-refractivity contribution in [3.8, 4) is 5.75 Å². The third-order valence-corrected chi connectivity index (χ3v) is 2.18. The molecule has 0 amide bonds. The Morgan fingerprint density at radius 3 is 2.73 bits per heavy atom. The number of carboxylic acids is 1. The first-order valence-corrected chi connectivity index (χ1v) is 4.54. The Kier molecular flexibility index (Phi) is 3.44. The minimum Gasteiger partial charge on any atom is -0.507 e. The van der Waals surface area contributed by atoms with Crippen molar-refractivity contribution < 1.29 is 19.8 Å². The summed E-state index contributed by atoms with van der Waals surface area (Å²) in [7, 11) is 0. The minimum atomic E-state index is -0.879. The van der Waals surface area contributed by atoms with Gasteiger partial charge in [-0.05, 0) is 24.1 Å². The van der Waals surface area contributed by atoms with Crippen molar-refractivity contribution in [3.05, 3.63) is 29.3 Å². The van der Waals surface area contributed by atoms with Crippen molar-refractivity contribution in [3.63, 3.8) is 0 Å². The molecule has 1 unspecified atom stereocenters. The molecule has 0 aliphatic rings. The third-order valence-electron chi connectivity index (χ3n) is 2.18. The van der Waals surface area contributed by atoms with Crippen molar-refractivity contribution in [2.75, 3.05) is 0 Å². The van der Waals surface area contributed by atoms with Crippen LogP contribution in [0.25, 0.3) is 0 Å². The van der Waals surface area contributed by atoms with Gasteiger partial charge in [0.05, 0.1) is 11.5 Å². The lowest BCUT2D eigenvalue weighted by Gasteiger charge is -2.07. The molecule has 1 aromatic carbocycles. The van der Waals surface area contributed by atoms with E-state index < -0.39 is 11.9 Å². The average Bonchev–Trinajstić information content (AvgIpc) is 2.20. The number of carboxylic acid groups (broad SMARTS) is 1. The topological polar surface area (TPSA) is 74.6 Å². The average molecular weight is 208 g/mol. The third kappa shape index (κ3) is 2.80. The number of carbonyl (C=O) groups excluding carboxylic acids is 1. The highest BCUT2D eigenvalue weighted by Crippen LogP contribution is 2.18. The van der Waals surface area contributed by atoms with Crippen LogP contribution in [0.3, 0.4) is 0 Å². The maximum absolute atomic E-state index is 10.6. The van der Waals surface area contributed by atoms with Crippen LogP contribution in [-0.2, 0) is 11.2 Å². The summed E-state index contributed by atoms with van der Waals surface area (Å²) in [5.74, 6) is -1.47.